The maximum absolute atomic E-state index is 8.81. The molecule has 2 rings (SSSR count). The average Bonchev–Trinajstić information content (AvgIpc) is 2.66. The molecular formula is C14H15IN4. The van der Waals surface area contributed by atoms with Gasteiger partial charge in [0.05, 0.1) is 26.6 Å². The Balaban J connectivity index is 2.54. The van der Waals surface area contributed by atoms with Crippen LogP contribution in [0.3, 0.4) is 0 Å². The molecule has 19 heavy (non-hydrogen) atoms. The van der Waals surface area contributed by atoms with E-state index in [1.807, 2.05) is 12.1 Å². The minimum Gasteiger partial charge on any atom is -0.383 e. The van der Waals surface area contributed by atoms with Gasteiger partial charge in [-0.1, -0.05) is 20.8 Å². The normalized spacial score (nSPS) is 11.3. The van der Waals surface area contributed by atoms with Crippen LogP contribution in [-0.2, 0) is 5.41 Å². The van der Waals surface area contributed by atoms with E-state index in [-0.39, 0.29) is 5.41 Å². The molecule has 0 aliphatic carbocycles. The van der Waals surface area contributed by atoms with Crippen molar-refractivity contribution < 1.29 is 0 Å². The number of anilines is 1. The van der Waals surface area contributed by atoms with Crippen molar-refractivity contribution in [3.63, 3.8) is 0 Å². The van der Waals surface area contributed by atoms with Crippen molar-refractivity contribution in [3.8, 4) is 11.8 Å². The minimum atomic E-state index is -0.0531. The molecule has 0 aliphatic rings. The molecule has 0 bridgehead atoms. The summed E-state index contributed by atoms with van der Waals surface area (Å²) in [4.78, 5) is 0. The molecule has 4 nitrogen and oxygen atoms in total. The van der Waals surface area contributed by atoms with Gasteiger partial charge in [-0.05, 0) is 46.9 Å². The second kappa shape index (κ2) is 4.85. The molecule has 0 fully saturated rings. The summed E-state index contributed by atoms with van der Waals surface area (Å²) in [6.45, 7) is 6.33. The number of hydrogen-bond acceptors (Lipinski definition) is 3. The molecule has 1 aromatic carbocycles. The second-order valence-corrected chi connectivity index (χ2v) is 6.45. The number of benzene rings is 1. The first-order chi connectivity index (χ1) is 8.84. The van der Waals surface area contributed by atoms with Crippen molar-refractivity contribution in [3.05, 3.63) is 39.1 Å². The summed E-state index contributed by atoms with van der Waals surface area (Å²) < 4.78 is 2.71. The van der Waals surface area contributed by atoms with Crippen LogP contribution < -0.4 is 5.73 Å². The third-order valence-electron chi connectivity index (χ3n) is 2.81. The highest BCUT2D eigenvalue weighted by molar-refractivity contribution is 14.1. The van der Waals surface area contributed by atoms with Crippen LogP contribution in [0.4, 0.5) is 5.82 Å². The Labute approximate surface area is 126 Å². The Morgan fingerprint density at radius 1 is 1.26 bits per heavy atom. The maximum atomic E-state index is 8.81. The highest BCUT2D eigenvalue weighted by Crippen LogP contribution is 2.31. The van der Waals surface area contributed by atoms with Gasteiger partial charge in [0.1, 0.15) is 5.82 Å². The summed E-state index contributed by atoms with van der Waals surface area (Å²) in [6.07, 6.45) is 0. The molecule has 2 N–H and O–H groups in total. The summed E-state index contributed by atoms with van der Waals surface area (Å²) in [5, 5.41) is 13.4. The molecule has 1 aromatic heterocycles. The fourth-order valence-electron chi connectivity index (χ4n) is 1.77. The van der Waals surface area contributed by atoms with Gasteiger partial charge < -0.3 is 5.73 Å². The van der Waals surface area contributed by atoms with Crippen molar-refractivity contribution in [2.24, 2.45) is 0 Å². The Morgan fingerprint density at radius 3 is 2.26 bits per heavy atom. The van der Waals surface area contributed by atoms with Crippen molar-refractivity contribution in [2.75, 3.05) is 5.73 Å². The van der Waals surface area contributed by atoms with Gasteiger partial charge in [-0.2, -0.15) is 10.4 Å². The van der Waals surface area contributed by atoms with Crippen molar-refractivity contribution in [1.29, 1.82) is 5.26 Å². The van der Waals surface area contributed by atoms with E-state index in [4.69, 9.17) is 11.0 Å². The van der Waals surface area contributed by atoms with Crippen LogP contribution in [0.15, 0.2) is 24.3 Å². The van der Waals surface area contributed by atoms with Crippen molar-refractivity contribution in [2.45, 2.75) is 26.2 Å². The lowest BCUT2D eigenvalue weighted by molar-refractivity contribution is 0.557. The van der Waals surface area contributed by atoms with Gasteiger partial charge in [0.15, 0.2) is 0 Å². The molecule has 0 atom stereocenters. The maximum Gasteiger partial charge on any atom is 0.141 e. The van der Waals surface area contributed by atoms with E-state index in [1.54, 1.807) is 16.8 Å². The molecule has 0 spiro atoms. The fourth-order valence-corrected chi connectivity index (χ4v) is 2.91. The molecule has 0 amide bonds. The number of nitriles is 1. The van der Waals surface area contributed by atoms with Crippen LogP contribution in [0.1, 0.15) is 32.0 Å². The van der Waals surface area contributed by atoms with Gasteiger partial charge in [-0.15, -0.1) is 0 Å². The SMILES string of the molecule is CC(C)(C)c1nn(-c2ccc(C#N)cc2)c(N)c1I. The van der Waals surface area contributed by atoms with Crippen LogP contribution in [-0.4, -0.2) is 9.78 Å². The smallest absolute Gasteiger partial charge is 0.141 e. The monoisotopic (exact) mass is 366 g/mol. The number of rotatable bonds is 1. The zero-order valence-electron chi connectivity index (χ0n) is 11.1. The van der Waals surface area contributed by atoms with E-state index in [0.717, 1.165) is 15.0 Å². The molecule has 0 radical (unpaired) electrons. The standard InChI is InChI=1S/C14H15IN4/c1-14(2,3)12-11(15)13(17)19(18-12)10-6-4-9(8-16)5-7-10/h4-7H,17H2,1-3H3. The molecule has 2 aromatic rings. The summed E-state index contributed by atoms with van der Waals surface area (Å²) in [5.41, 5.74) is 8.55. The first-order valence-electron chi connectivity index (χ1n) is 5.89. The molecule has 0 saturated heterocycles. The lowest BCUT2D eigenvalue weighted by Gasteiger charge is -2.15. The summed E-state index contributed by atoms with van der Waals surface area (Å²) >= 11 is 2.23. The Morgan fingerprint density at radius 2 is 1.84 bits per heavy atom. The molecule has 0 aliphatic heterocycles. The Hall–Kier alpha value is -1.55. The topological polar surface area (TPSA) is 67.6 Å². The molecule has 0 unspecified atom stereocenters. The van der Waals surface area contributed by atoms with Gasteiger partial charge in [0.2, 0.25) is 0 Å². The predicted octanol–water partition coefficient (Wildman–Crippen LogP) is 3.23. The van der Waals surface area contributed by atoms with Crippen LogP contribution in [0.2, 0.25) is 0 Å². The van der Waals surface area contributed by atoms with Gasteiger partial charge in [0.25, 0.3) is 0 Å². The van der Waals surface area contributed by atoms with Gasteiger partial charge in [-0.3, -0.25) is 0 Å². The predicted molar refractivity (Wildman–Crippen MR) is 84.1 cm³/mol. The highest BCUT2D eigenvalue weighted by Gasteiger charge is 2.24. The molecule has 5 heteroatoms. The van der Waals surface area contributed by atoms with Gasteiger partial charge in [0, 0.05) is 5.41 Å². The van der Waals surface area contributed by atoms with Crippen LogP contribution in [0.5, 0.6) is 0 Å². The number of nitrogens with zero attached hydrogens (tertiary/aromatic N) is 3. The minimum absolute atomic E-state index is 0.0531. The highest BCUT2D eigenvalue weighted by atomic mass is 127. The largest absolute Gasteiger partial charge is 0.383 e. The first-order valence-corrected chi connectivity index (χ1v) is 6.97. The van der Waals surface area contributed by atoms with Crippen molar-refractivity contribution >= 4 is 28.4 Å². The zero-order chi connectivity index (χ0) is 14.2. The Bertz CT molecular complexity index is 642. The van der Waals surface area contributed by atoms with E-state index >= 15 is 0 Å². The lowest BCUT2D eigenvalue weighted by Crippen LogP contribution is -2.14. The average molecular weight is 366 g/mol. The van der Waals surface area contributed by atoms with Crippen molar-refractivity contribution in [1.82, 2.24) is 9.78 Å². The molecule has 1 heterocycles. The third kappa shape index (κ3) is 2.59. The quantitative estimate of drug-likeness (QED) is 0.788. The molecule has 98 valence electrons. The van der Waals surface area contributed by atoms with E-state index < -0.39 is 0 Å². The van der Waals surface area contributed by atoms with E-state index in [0.29, 0.717) is 11.4 Å². The van der Waals surface area contributed by atoms with E-state index in [1.165, 1.54) is 0 Å². The summed E-state index contributed by atoms with van der Waals surface area (Å²) in [6, 6.07) is 9.33. The molecular weight excluding hydrogens is 351 g/mol. The summed E-state index contributed by atoms with van der Waals surface area (Å²) in [7, 11) is 0. The van der Waals surface area contributed by atoms with Crippen LogP contribution in [0, 0.1) is 14.9 Å². The third-order valence-corrected chi connectivity index (χ3v) is 3.88. The fraction of sp³-hybridized carbons (Fsp3) is 0.286. The zero-order valence-corrected chi connectivity index (χ0v) is 13.3. The number of nitrogen functional groups attached to an aromatic ring is 1. The first kappa shape index (κ1) is 13.9. The Kier molecular flexibility index (Phi) is 3.54. The summed E-state index contributed by atoms with van der Waals surface area (Å²) in [5.74, 6) is 0.634. The number of halogens is 1. The number of nitrogens with two attached hydrogens (primary N) is 1. The molecule has 0 saturated carbocycles. The van der Waals surface area contributed by atoms with Crippen LogP contribution >= 0.6 is 22.6 Å². The lowest BCUT2D eigenvalue weighted by atomic mass is 9.92. The van der Waals surface area contributed by atoms with E-state index in [2.05, 4.69) is 54.5 Å². The van der Waals surface area contributed by atoms with Crippen LogP contribution in [0.25, 0.3) is 5.69 Å². The van der Waals surface area contributed by atoms with Gasteiger partial charge in [-0.25, -0.2) is 4.68 Å². The van der Waals surface area contributed by atoms with Gasteiger partial charge >= 0.3 is 0 Å². The second-order valence-electron chi connectivity index (χ2n) is 5.37. The number of aromatic nitrogens is 2. The number of hydrogen-bond donors (Lipinski definition) is 1. The van der Waals surface area contributed by atoms with E-state index in [9.17, 15) is 0 Å².